The lowest BCUT2D eigenvalue weighted by Gasteiger charge is -2.18. The summed E-state index contributed by atoms with van der Waals surface area (Å²) < 4.78 is 0. The minimum Gasteiger partial charge on any atom is -0.316 e. The van der Waals surface area contributed by atoms with E-state index >= 15 is 0 Å². The van der Waals surface area contributed by atoms with Gasteiger partial charge in [-0.15, -0.1) is 11.3 Å². The molecular weight excluding hydrogens is 300 g/mol. The van der Waals surface area contributed by atoms with Crippen LogP contribution in [0.1, 0.15) is 24.4 Å². The molecule has 0 spiro atoms. The molecular formula is C17H23ClN2S. The van der Waals surface area contributed by atoms with Gasteiger partial charge in [-0.05, 0) is 49.0 Å². The van der Waals surface area contributed by atoms with Crippen molar-refractivity contribution >= 4 is 22.9 Å². The summed E-state index contributed by atoms with van der Waals surface area (Å²) in [6, 6.07) is 8.19. The molecule has 1 heterocycles. The molecule has 0 saturated heterocycles. The Morgan fingerprint density at radius 2 is 1.90 bits per heavy atom. The maximum absolute atomic E-state index is 5.96. The third kappa shape index (κ3) is 6.16. The molecule has 114 valence electrons. The van der Waals surface area contributed by atoms with Crippen molar-refractivity contribution in [3.05, 3.63) is 51.4 Å². The van der Waals surface area contributed by atoms with Gasteiger partial charge >= 0.3 is 0 Å². The third-order valence-corrected chi connectivity index (χ3v) is 4.42. The highest BCUT2D eigenvalue weighted by Crippen LogP contribution is 2.18. The molecule has 0 bridgehead atoms. The Bertz CT molecular complexity index is 508. The van der Waals surface area contributed by atoms with Gasteiger partial charge < -0.3 is 5.32 Å². The molecule has 0 saturated carbocycles. The fourth-order valence-electron chi connectivity index (χ4n) is 2.35. The maximum atomic E-state index is 5.96. The lowest BCUT2D eigenvalue weighted by atomic mass is 9.96. The summed E-state index contributed by atoms with van der Waals surface area (Å²) in [7, 11) is 0. The van der Waals surface area contributed by atoms with Crippen molar-refractivity contribution in [1.82, 2.24) is 10.3 Å². The quantitative estimate of drug-likeness (QED) is 0.777. The molecule has 1 unspecified atom stereocenters. The molecule has 1 N–H and O–H groups in total. The summed E-state index contributed by atoms with van der Waals surface area (Å²) in [6.45, 7) is 6.57. The van der Waals surface area contributed by atoms with E-state index in [-0.39, 0.29) is 0 Å². The maximum Gasteiger partial charge on any atom is 0.0928 e. The molecule has 4 heteroatoms. The van der Waals surface area contributed by atoms with Crippen LogP contribution in [0.5, 0.6) is 0 Å². The van der Waals surface area contributed by atoms with Gasteiger partial charge in [-0.1, -0.05) is 37.6 Å². The normalized spacial score (nSPS) is 12.8. The number of thiazole rings is 1. The van der Waals surface area contributed by atoms with Gasteiger partial charge in [0, 0.05) is 23.0 Å². The number of benzene rings is 1. The van der Waals surface area contributed by atoms with Crippen LogP contribution < -0.4 is 5.32 Å². The van der Waals surface area contributed by atoms with Crippen molar-refractivity contribution < 1.29 is 0 Å². The molecule has 21 heavy (non-hydrogen) atoms. The van der Waals surface area contributed by atoms with E-state index in [2.05, 4.69) is 41.7 Å². The molecule has 1 atom stereocenters. The second kappa shape index (κ2) is 8.52. The summed E-state index contributed by atoms with van der Waals surface area (Å²) in [5, 5.41) is 7.65. The molecule has 2 nitrogen and oxygen atoms in total. The van der Waals surface area contributed by atoms with Gasteiger partial charge in [-0.2, -0.15) is 0 Å². The zero-order chi connectivity index (χ0) is 15.1. The standard InChI is InChI=1S/C17H23ClN2S/c1-13(2)11-19-12-15(10-17-20-7-8-21-17)9-14-3-5-16(18)6-4-14/h3-8,13,15,19H,9-12H2,1-2H3. The second-order valence-corrected chi connectivity index (χ2v) is 7.29. The van der Waals surface area contributed by atoms with E-state index in [4.69, 9.17) is 11.6 Å². The number of halogens is 1. The Morgan fingerprint density at radius 3 is 2.52 bits per heavy atom. The Kier molecular flexibility index (Phi) is 6.68. The molecule has 0 radical (unpaired) electrons. The smallest absolute Gasteiger partial charge is 0.0928 e. The highest BCUT2D eigenvalue weighted by Gasteiger charge is 2.12. The minimum atomic E-state index is 0.566. The largest absolute Gasteiger partial charge is 0.316 e. The Hall–Kier alpha value is -0.900. The number of hydrogen-bond donors (Lipinski definition) is 1. The van der Waals surface area contributed by atoms with E-state index in [1.165, 1.54) is 10.6 Å². The Labute approximate surface area is 136 Å². The van der Waals surface area contributed by atoms with Crippen LogP contribution in [0, 0.1) is 11.8 Å². The summed E-state index contributed by atoms with van der Waals surface area (Å²) in [6.07, 6.45) is 3.98. The van der Waals surface area contributed by atoms with E-state index in [1.807, 2.05) is 18.3 Å². The van der Waals surface area contributed by atoms with Crippen molar-refractivity contribution in [3.8, 4) is 0 Å². The van der Waals surface area contributed by atoms with E-state index in [0.29, 0.717) is 11.8 Å². The summed E-state index contributed by atoms with van der Waals surface area (Å²) in [5.41, 5.74) is 1.34. The molecule has 0 fully saturated rings. The van der Waals surface area contributed by atoms with Crippen molar-refractivity contribution in [2.45, 2.75) is 26.7 Å². The molecule has 2 rings (SSSR count). The average Bonchev–Trinajstić information content (AvgIpc) is 2.94. The van der Waals surface area contributed by atoms with E-state index in [9.17, 15) is 0 Å². The summed E-state index contributed by atoms with van der Waals surface area (Å²) in [4.78, 5) is 4.42. The third-order valence-electron chi connectivity index (χ3n) is 3.37. The van der Waals surface area contributed by atoms with Gasteiger partial charge in [0.2, 0.25) is 0 Å². The van der Waals surface area contributed by atoms with Crippen molar-refractivity contribution in [3.63, 3.8) is 0 Å². The van der Waals surface area contributed by atoms with Crippen LogP contribution in [0.15, 0.2) is 35.8 Å². The number of nitrogens with one attached hydrogen (secondary N) is 1. The van der Waals surface area contributed by atoms with Crippen LogP contribution in [0.2, 0.25) is 5.02 Å². The predicted octanol–water partition coefficient (Wildman–Crippen LogP) is 4.44. The van der Waals surface area contributed by atoms with Crippen LogP contribution in [-0.4, -0.2) is 18.1 Å². The van der Waals surface area contributed by atoms with Crippen LogP contribution in [0.4, 0.5) is 0 Å². The lowest BCUT2D eigenvalue weighted by molar-refractivity contribution is 0.445. The first-order valence-electron chi connectivity index (χ1n) is 7.47. The van der Waals surface area contributed by atoms with Gasteiger partial charge in [-0.3, -0.25) is 0 Å². The highest BCUT2D eigenvalue weighted by atomic mass is 35.5. The topological polar surface area (TPSA) is 24.9 Å². The second-order valence-electron chi connectivity index (χ2n) is 5.88. The molecule has 0 amide bonds. The number of rotatable bonds is 8. The van der Waals surface area contributed by atoms with Crippen molar-refractivity contribution in [1.29, 1.82) is 0 Å². The highest BCUT2D eigenvalue weighted by molar-refractivity contribution is 7.09. The van der Waals surface area contributed by atoms with Crippen LogP contribution in [0.25, 0.3) is 0 Å². The minimum absolute atomic E-state index is 0.566. The predicted molar refractivity (Wildman–Crippen MR) is 92.2 cm³/mol. The Morgan fingerprint density at radius 1 is 1.14 bits per heavy atom. The molecule has 1 aromatic carbocycles. The summed E-state index contributed by atoms with van der Waals surface area (Å²) in [5.74, 6) is 1.25. The zero-order valence-corrected chi connectivity index (χ0v) is 14.3. The van der Waals surface area contributed by atoms with E-state index < -0.39 is 0 Å². The molecule has 2 aromatic rings. The molecule has 0 aliphatic heterocycles. The van der Waals surface area contributed by atoms with Gasteiger partial charge in [0.05, 0.1) is 5.01 Å². The number of nitrogens with zero attached hydrogens (tertiary/aromatic N) is 1. The van der Waals surface area contributed by atoms with Gasteiger partial charge in [-0.25, -0.2) is 4.98 Å². The number of hydrogen-bond acceptors (Lipinski definition) is 3. The first-order valence-corrected chi connectivity index (χ1v) is 8.72. The zero-order valence-electron chi connectivity index (χ0n) is 12.7. The van der Waals surface area contributed by atoms with Gasteiger partial charge in [0.1, 0.15) is 0 Å². The monoisotopic (exact) mass is 322 g/mol. The van der Waals surface area contributed by atoms with Crippen LogP contribution >= 0.6 is 22.9 Å². The molecule has 0 aliphatic carbocycles. The average molecular weight is 323 g/mol. The van der Waals surface area contributed by atoms with Gasteiger partial charge in [0.15, 0.2) is 0 Å². The SMILES string of the molecule is CC(C)CNCC(Cc1ccc(Cl)cc1)Cc1nccs1. The van der Waals surface area contributed by atoms with Crippen LogP contribution in [0.3, 0.4) is 0 Å². The first kappa shape index (κ1) is 16.5. The van der Waals surface area contributed by atoms with E-state index in [0.717, 1.165) is 31.0 Å². The lowest BCUT2D eigenvalue weighted by Crippen LogP contribution is -2.28. The Balaban J connectivity index is 1.95. The van der Waals surface area contributed by atoms with E-state index in [1.54, 1.807) is 11.3 Å². The van der Waals surface area contributed by atoms with Crippen LogP contribution in [-0.2, 0) is 12.8 Å². The fourth-order valence-corrected chi connectivity index (χ4v) is 3.21. The molecule has 0 aliphatic rings. The van der Waals surface area contributed by atoms with Gasteiger partial charge in [0.25, 0.3) is 0 Å². The summed E-state index contributed by atoms with van der Waals surface area (Å²) >= 11 is 7.71. The molecule has 1 aromatic heterocycles. The van der Waals surface area contributed by atoms with Crippen molar-refractivity contribution in [2.75, 3.05) is 13.1 Å². The first-order chi connectivity index (χ1) is 10.1. The fraction of sp³-hybridized carbons (Fsp3) is 0.471. The number of aromatic nitrogens is 1. The van der Waals surface area contributed by atoms with Crippen molar-refractivity contribution in [2.24, 2.45) is 11.8 Å².